The van der Waals surface area contributed by atoms with Crippen LogP contribution in [-0.2, 0) is 9.47 Å². The van der Waals surface area contributed by atoms with Crippen LogP contribution in [0.5, 0.6) is 0 Å². The second kappa shape index (κ2) is 9.98. The van der Waals surface area contributed by atoms with Gasteiger partial charge >= 0.3 is 0 Å². The van der Waals surface area contributed by atoms with Crippen molar-refractivity contribution in [2.24, 2.45) is 0 Å². The lowest BCUT2D eigenvalue weighted by atomic mass is 9.92. The van der Waals surface area contributed by atoms with Crippen molar-refractivity contribution in [3.05, 3.63) is 59.4 Å². The van der Waals surface area contributed by atoms with Gasteiger partial charge in [0.15, 0.2) is 0 Å². The predicted octanol–water partition coefficient (Wildman–Crippen LogP) is 5.04. The Balaban J connectivity index is 1.68. The molecule has 146 valence electrons. The molecule has 1 saturated heterocycles. The van der Waals surface area contributed by atoms with E-state index >= 15 is 0 Å². The van der Waals surface area contributed by atoms with Gasteiger partial charge in [-0.1, -0.05) is 54.8 Å². The van der Waals surface area contributed by atoms with E-state index in [1.807, 2.05) is 37.3 Å². The Labute approximate surface area is 161 Å². The van der Waals surface area contributed by atoms with Gasteiger partial charge in [-0.25, -0.2) is 4.39 Å². The summed E-state index contributed by atoms with van der Waals surface area (Å²) in [4.78, 5) is 0. The molecule has 1 aliphatic rings. The van der Waals surface area contributed by atoms with Crippen molar-refractivity contribution in [2.45, 2.75) is 44.8 Å². The first kappa shape index (κ1) is 20.0. The first-order valence-electron chi connectivity index (χ1n) is 9.89. The molecule has 4 heteroatoms. The standard InChI is InChI=1S/C23H30FNO2/c1-17-7-5-8-18(15-17)23-20(10-6-11-21(23)24)22(26-2)12-4-3-9-19-16-25-13-14-27-19/h5-8,10-11,15,19,22,25H,3-4,9,12-14,16H2,1-2H3/t19-,22?/m0/s1. The fraction of sp³-hybridized carbons (Fsp3) is 0.478. The lowest BCUT2D eigenvalue weighted by Gasteiger charge is -2.24. The average molecular weight is 371 g/mol. The second-order valence-corrected chi connectivity index (χ2v) is 7.28. The number of morpholine rings is 1. The first-order valence-corrected chi connectivity index (χ1v) is 9.89. The quantitative estimate of drug-likeness (QED) is 0.660. The van der Waals surface area contributed by atoms with Crippen molar-refractivity contribution in [1.82, 2.24) is 5.32 Å². The van der Waals surface area contributed by atoms with E-state index in [1.165, 1.54) is 6.07 Å². The number of hydrogen-bond donors (Lipinski definition) is 1. The topological polar surface area (TPSA) is 30.5 Å². The zero-order valence-corrected chi connectivity index (χ0v) is 16.3. The van der Waals surface area contributed by atoms with Gasteiger partial charge in [-0.3, -0.25) is 0 Å². The summed E-state index contributed by atoms with van der Waals surface area (Å²) in [5, 5.41) is 3.37. The zero-order chi connectivity index (χ0) is 19.1. The van der Waals surface area contributed by atoms with Crippen LogP contribution < -0.4 is 5.32 Å². The van der Waals surface area contributed by atoms with E-state index in [9.17, 15) is 4.39 Å². The van der Waals surface area contributed by atoms with Gasteiger partial charge in [-0.2, -0.15) is 0 Å². The van der Waals surface area contributed by atoms with Crippen molar-refractivity contribution in [2.75, 3.05) is 26.8 Å². The summed E-state index contributed by atoms with van der Waals surface area (Å²) in [7, 11) is 1.71. The van der Waals surface area contributed by atoms with Crippen LogP contribution in [0.4, 0.5) is 4.39 Å². The molecule has 0 bridgehead atoms. The summed E-state index contributed by atoms with van der Waals surface area (Å²) in [6, 6.07) is 13.3. The van der Waals surface area contributed by atoms with Crippen LogP contribution in [0.1, 0.15) is 42.9 Å². The Hall–Kier alpha value is -1.75. The van der Waals surface area contributed by atoms with Crippen molar-refractivity contribution < 1.29 is 13.9 Å². The van der Waals surface area contributed by atoms with Crippen LogP contribution in [-0.4, -0.2) is 32.9 Å². The summed E-state index contributed by atoms with van der Waals surface area (Å²) < 4.78 is 26.2. The van der Waals surface area contributed by atoms with Gasteiger partial charge in [0.1, 0.15) is 5.82 Å². The van der Waals surface area contributed by atoms with Crippen LogP contribution in [0, 0.1) is 12.7 Å². The minimum absolute atomic E-state index is 0.110. The third kappa shape index (κ3) is 5.38. The van der Waals surface area contributed by atoms with Crippen LogP contribution in [0.25, 0.3) is 11.1 Å². The lowest BCUT2D eigenvalue weighted by molar-refractivity contribution is 0.0209. The van der Waals surface area contributed by atoms with Gasteiger partial charge in [0.05, 0.1) is 18.8 Å². The fourth-order valence-electron chi connectivity index (χ4n) is 3.82. The molecule has 0 aromatic heterocycles. The van der Waals surface area contributed by atoms with Gasteiger partial charge in [0.25, 0.3) is 0 Å². The number of methoxy groups -OCH3 is 1. The third-order valence-corrected chi connectivity index (χ3v) is 5.23. The van der Waals surface area contributed by atoms with Crippen LogP contribution in [0.3, 0.4) is 0 Å². The Morgan fingerprint density at radius 3 is 2.81 bits per heavy atom. The van der Waals surface area contributed by atoms with E-state index in [0.29, 0.717) is 11.7 Å². The first-order chi connectivity index (χ1) is 13.2. The normalized spacial score (nSPS) is 18.4. The summed E-state index contributed by atoms with van der Waals surface area (Å²) in [5.41, 5.74) is 3.62. The number of unbranched alkanes of at least 4 members (excludes halogenated alkanes) is 1. The maximum atomic E-state index is 14.7. The van der Waals surface area contributed by atoms with E-state index in [-0.39, 0.29) is 11.9 Å². The van der Waals surface area contributed by atoms with Gasteiger partial charge in [0.2, 0.25) is 0 Å². The largest absolute Gasteiger partial charge is 0.377 e. The Kier molecular flexibility index (Phi) is 7.39. The summed E-state index contributed by atoms with van der Waals surface area (Å²) >= 11 is 0. The van der Waals surface area contributed by atoms with Crippen LogP contribution in [0.2, 0.25) is 0 Å². The van der Waals surface area contributed by atoms with E-state index in [0.717, 1.165) is 62.1 Å². The highest BCUT2D eigenvalue weighted by molar-refractivity contribution is 5.69. The van der Waals surface area contributed by atoms with E-state index in [2.05, 4.69) is 5.32 Å². The molecule has 0 saturated carbocycles. The molecule has 0 spiro atoms. The molecule has 2 atom stereocenters. The summed E-state index contributed by atoms with van der Waals surface area (Å²) in [6.45, 7) is 4.72. The lowest BCUT2D eigenvalue weighted by Crippen LogP contribution is -2.38. The molecule has 3 rings (SSSR count). The summed E-state index contributed by atoms with van der Waals surface area (Å²) in [5.74, 6) is -0.193. The molecule has 0 aliphatic carbocycles. The molecule has 1 unspecified atom stereocenters. The van der Waals surface area contributed by atoms with Crippen LogP contribution in [0.15, 0.2) is 42.5 Å². The number of nitrogens with one attached hydrogen (secondary N) is 1. The molecule has 0 amide bonds. The number of halogens is 1. The molecule has 2 aromatic rings. The Morgan fingerprint density at radius 2 is 2.07 bits per heavy atom. The molecule has 0 radical (unpaired) electrons. The van der Waals surface area contributed by atoms with Gasteiger partial charge in [-0.05, 0) is 37.0 Å². The average Bonchev–Trinajstić information content (AvgIpc) is 2.69. The maximum Gasteiger partial charge on any atom is 0.131 e. The van der Waals surface area contributed by atoms with E-state index in [1.54, 1.807) is 13.2 Å². The van der Waals surface area contributed by atoms with Crippen molar-refractivity contribution in [3.8, 4) is 11.1 Å². The maximum absolute atomic E-state index is 14.7. The van der Waals surface area contributed by atoms with Gasteiger partial charge in [0, 0.05) is 25.8 Å². The highest BCUT2D eigenvalue weighted by atomic mass is 19.1. The third-order valence-electron chi connectivity index (χ3n) is 5.23. The zero-order valence-electron chi connectivity index (χ0n) is 16.3. The fourth-order valence-corrected chi connectivity index (χ4v) is 3.82. The number of rotatable bonds is 8. The number of hydrogen-bond acceptors (Lipinski definition) is 3. The Morgan fingerprint density at radius 1 is 1.22 bits per heavy atom. The molecule has 27 heavy (non-hydrogen) atoms. The second-order valence-electron chi connectivity index (χ2n) is 7.28. The molecule has 3 nitrogen and oxygen atoms in total. The minimum atomic E-state index is -0.193. The number of ether oxygens (including phenoxy) is 2. The molecule has 1 heterocycles. The molecule has 2 aromatic carbocycles. The Bertz CT molecular complexity index is 728. The molecule has 1 fully saturated rings. The number of aryl methyl sites for hydroxylation is 1. The van der Waals surface area contributed by atoms with E-state index < -0.39 is 0 Å². The minimum Gasteiger partial charge on any atom is -0.377 e. The SMILES string of the molecule is COC(CCCC[C@H]1CNCCO1)c1cccc(F)c1-c1cccc(C)c1. The number of benzene rings is 2. The van der Waals surface area contributed by atoms with Crippen molar-refractivity contribution in [1.29, 1.82) is 0 Å². The van der Waals surface area contributed by atoms with Crippen molar-refractivity contribution in [3.63, 3.8) is 0 Å². The molecule has 1 N–H and O–H groups in total. The monoisotopic (exact) mass is 371 g/mol. The molecular formula is C23H30FNO2. The molecule has 1 aliphatic heterocycles. The smallest absolute Gasteiger partial charge is 0.131 e. The van der Waals surface area contributed by atoms with Crippen molar-refractivity contribution >= 4 is 0 Å². The van der Waals surface area contributed by atoms with Crippen LogP contribution >= 0.6 is 0 Å². The van der Waals surface area contributed by atoms with Gasteiger partial charge < -0.3 is 14.8 Å². The predicted molar refractivity (Wildman–Crippen MR) is 107 cm³/mol. The molecular weight excluding hydrogens is 341 g/mol. The summed E-state index contributed by atoms with van der Waals surface area (Å²) in [6.07, 6.45) is 4.25. The van der Waals surface area contributed by atoms with E-state index in [4.69, 9.17) is 9.47 Å². The highest BCUT2D eigenvalue weighted by Gasteiger charge is 2.19. The van der Waals surface area contributed by atoms with Gasteiger partial charge in [-0.15, -0.1) is 0 Å². The highest BCUT2D eigenvalue weighted by Crippen LogP contribution is 2.35.